The molecule has 0 atom stereocenters. The molecule has 68 valence electrons. The fraction of sp³-hybridized carbons (Fsp3) is 0.125. The van der Waals surface area contributed by atoms with Crippen LogP contribution in [0.2, 0.25) is 0 Å². The molecule has 0 spiro atoms. The van der Waals surface area contributed by atoms with Gasteiger partial charge in [0.1, 0.15) is 5.75 Å². The van der Waals surface area contributed by atoms with E-state index in [4.69, 9.17) is 15.7 Å². The first kappa shape index (κ1) is 9.18. The maximum absolute atomic E-state index is 10.6. The van der Waals surface area contributed by atoms with Crippen molar-refractivity contribution in [3.05, 3.63) is 29.3 Å². The van der Waals surface area contributed by atoms with Crippen LogP contribution in [0.5, 0.6) is 5.75 Å². The van der Waals surface area contributed by atoms with Gasteiger partial charge in [-0.15, -0.1) is 0 Å². The molecule has 0 unspecified atom stereocenters. The summed E-state index contributed by atoms with van der Waals surface area (Å²) in [6.45, 7) is -0.0317. The molecule has 5 nitrogen and oxygen atoms in total. The molecule has 0 heterocycles. The molecule has 0 aliphatic heterocycles. The predicted molar refractivity (Wildman–Crippen MR) is 43.9 cm³/mol. The van der Waals surface area contributed by atoms with Crippen molar-refractivity contribution >= 4 is 5.97 Å². The van der Waals surface area contributed by atoms with E-state index in [0.29, 0.717) is 5.56 Å². The summed E-state index contributed by atoms with van der Waals surface area (Å²) in [5, 5.41) is 20.8. The summed E-state index contributed by atoms with van der Waals surface area (Å²) in [4.78, 5) is 10.6. The van der Waals surface area contributed by atoms with Crippen LogP contribution in [0.3, 0.4) is 0 Å². The first-order valence-corrected chi connectivity index (χ1v) is 3.53. The van der Waals surface area contributed by atoms with E-state index < -0.39 is 5.97 Å². The number of hydrogen-bond donors (Lipinski definition) is 3. The fourth-order valence-electron chi connectivity index (χ4n) is 1.00. The molecule has 0 saturated heterocycles. The molecule has 1 aromatic rings. The Morgan fingerprint density at radius 1 is 1.54 bits per heavy atom. The topological polar surface area (TPSA) is 93.7 Å². The van der Waals surface area contributed by atoms with Gasteiger partial charge in [0.15, 0.2) is 0 Å². The van der Waals surface area contributed by atoms with Gasteiger partial charge in [0.05, 0.1) is 12.1 Å². The Kier molecular flexibility index (Phi) is 2.59. The number of nitrogens with one attached hydrogen (secondary N) is 1. The van der Waals surface area contributed by atoms with Crippen molar-refractivity contribution in [2.75, 3.05) is 0 Å². The number of carboxylic acids is 1. The van der Waals surface area contributed by atoms with E-state index in [1.54, 1.807) is 0 Å². The van der Waals surface area contributed by atoms with Crippen molar-refractivity contribution in [3.63, 3.8) is 0 Å². The van der Waals surface area contributed by atoms with E-state index in [-0.39, 0.29) is 17.9 Å². The van der Waals surface area contributed by atoms with E-state index in [2.05, 4.69) is 5.11 Å². The lowest BCUT2D eigenvalue weighted by molar-refractivity contribution is 0.0695. The van der Waals surface area contributed by atoms with Gasteiger partial charge in [-0.25, -0.2) is 10.3 Å². The number of hydrogen-bond acceptors (Lipinski definition) is 4. The third-order valence-electron chi connectivity index (χ3n) is 1.57. The highest BCUT2D eigenvalue weighted by atomic mass is 16.4. The van der Waals surface area contributed by atoms with Crippen LogP contribution < -0.4 is 0 Å². The molecule has 0 bridgehead atoms. The van der Waals surface area contributed by atoms with Crippen LogP contribution in [0.25, 0.3) is 0 Å². The molecule has 13 heavy (non-hydrogen) atoms. The number of benzene rings is 1. The number of aromatic hydroxyl groups is 1. The summed E-state index contributed by atoms with van der Waals surface area (Å²) in [5.74, 6) is -1.11. The Morgan fingerprint density at radius 3 is 2.77 bits per heavy atom. The van der Waals surface area contributed by atoms with Crippen molar-refractivity contribution in [3.8, 4) is 5.75 Å². The van der Waals surface area contributed by atoms with Crippen LogP contribution in [0.4, 0.5) is 0 Å². The second-order valence-electron chi connectivity index (χ2n) is 2.46. The Balaban J connectivity index is 3.17. The monoisotopic (exact) mass is 180 g/mol. The van der Waals surface area contributed by atoms with Crippen LogP contribution in [0, 0.1) is 5.53 Å². The van der Waals surface area contributed by atoms with Crippen LogP contribution in [-0.2, 0) is 6.54 Å². The predicted octanol–water partition coefficient (Wildman–Crippen LogP) is 1.62. The summed E-state index contributed by atoms with van der Waals surface area (Å²) in [6.07, 6.45) is 0. The van der Waals surface area contributed by atoms with Crippen LogP contribution in [-0.4, -0.2) is 16.2 Å². The van der Waals surface area contributed by atoms with E-state index >= 15 is 0 Å². The van der Waals surface area contributed by atoms with Crippen molar-refractivity contribution in [1.82, 2.24) is 0 Å². The lowest BCUT2D eigenvalue weighted by atomic mass is 10.1. The van der Waals surface area contributed by atoms with Crippen molar-refractivity contribution < 1.29 is 15.0 Å². The van der Waals surface area contributed by atoms with Gasteiger partial charge in [-0.3, -0.25) is 0 Å². The Hall–Kier alpha value is -1.91. The van der Waals surface area contributed by atoms with E-state index in [0.717, 1.165) is 0 Å². The molecule has 0 aliphatic rings. The van der Waals surface area contributed by atoms with E-state index in [1.165, 1.54) is 18.2 Å². The minimum Gasteiger partial charge on any atom is -0.508 e. The standard InChI is InChI=1S/C8H8N2O3/c9-10-4-5-3-6(11)1-2-7(5)8(12)13/h1-3,9,11H,4H2,(H,12,13). The number of phenols is 1. The zero-order valence-corrected chi connectivity index (χ0v) is 6.69. The lowest BCUT2D eigenvalue weighted by Gasteiger charge is -2.02. The number of rotatable bonds is 3. The first-order valence-electron chi connectivity index (χ1n) is 3.53. The highest BCUT2D eigenvalue weighted by Gasteiger charge is 2.09. The number of phenolic OH excluding ortho intramolecular Hbond substituents is 1. The molecule has 5 heteroatoms. The second kappa shape index (κ2) is 3.66. The van der Waals surface area contributed by atoms with Gasteiger partial charge in [-0.1, -0.05) is 0 Å². The summed E-state index contributed by atoms with van der Waals surface area (Å²) in [7, 11) is 0. The molecule has 0 aliphatic carbocycles. The van der Waals surface area contributed by atoms with E-state index in [1.807, 2.05) is 0 Å². The highest BCUT2D eigenvalue weighted by Crippen LogP contribution is 2.17. The first-order chi connectivity index (χ1) is 6.15. The van der Waals surface area contributed by atoms with Crippen LogP contribution >= 0.6 is 0 Å². The summed E-state index contributed by atoms with van der Waals surface area (Å²) >= 11 is 0. The second-order valence-corrected chi connectivity index (χ2v) is 2.46. The Labute approximate surface area is 74.1 Å². The summed E-state index contributed by atoms with van der Waals surface area (Å²) in [5.41, 5.74) is 7.00. The van der Waals surface area contributed by atoms with Gasteiger partial charge in [0.25, 0.3) is 0 Å². The Bertz CT molecular complexity index is 349. The number of nitrogens with zero attached hydrogens (tertiary/aromatic N) is 1. The third kappa shape index (κ3) is 2.02. The molecule has 0 amide bonds. The third-order valence-corrected chi connectivity index (χ3v) is 1.57. The molecule has 3 N–H and O–H groups in total. The fourth-order valence-corrected chi connectivity index (χ4v) is 1.00. The van der Waals surface area contributed by atoms with Crippen molar-refractivity contribution in [1.29, 1.82) is 5.53 Å². The summed E-state index contributed by atoms with van der Waals surface area (Å²) < 4.78 is 0. The van der Waals surface area contributed by atoms with Crippen molar-refractivity contribution in [2.45, 2.75) is 6.54 Å². The number of carbonyl (C=O) groups is 1. The van der Waals surface area contributed by atoms with Crippen LogP contribution in [0.15, 0.2) is 23.3 Å². The molecule has 0 radical (unpaired) electrons. The quantitative estimate of drug-likeness (QED) is 0.617. The highest BCUT2D eigenvalue weighted by molar-refractivity contribution is 5.89. The van der Waals surface area contributed by atoms with E-state index in [9.17, 15) is 4.79 Å². The van der Waals surface area contributed by atoms with Crippen LogP contribution in [0.1, 0.15) is 15.9 Å². The smallest absolute Gasteiger partial charge is 0.336 e. The van der Waals surface area contributed by atoms with Gasteiger partial charge in [0.2, 0.25) is 0 Å². The normalized spacial score (nSPS) is 9.54. The maximum Gasteiger partial charge on any atom is 0.336 e. The molecule has 1 rings (SSSR count). The largest absolute Gasteiger partial charge is 0.508 e. The zero-order valence-electron chi connectivity index (χ0n) is 6.69. The lowest BCUT2D eigenvalue weighted by Crippen LogP contribution is -2.01. The Morgan fingerprint density at radius 2 is 2.23 bits per heavy atom. The maximum atomic E-state index is 10.6. The minimum absolute atomic E-state index is 0.0244. The number of aromatic carboxylic acids is 1. The summed E-state index contributed by atoms with van der Waals surface area (Å²) in [6, 6.07) is 3.87. The number of carboxylic acid groups (broad SMARTS) is 1. The molecule has 0 aromatic heterocycles. The SMILES string of the molecule is N=NCc1cc(O)ccc1C(=O)O. The zero-order chi connectivity index (χ0) is 9.84. The molecule has 1 aromatic carbocycles. The van der Waals surface area contributed by atoms with Gasteiger partial charge in [-0.2, -0.15) is 5.11 Å². The van der Waals surface area contributed by atoms with Gasteiger partial charge in [-0.05, 0) is 23.8 Å². The molecule has 0 fully saturated rings. The van der Waals surface area contributed by atoms with Gasteiger partial charge in [0, 0.05) is 0 Å². The molecule has 0 saturated carbocycles. The van der Waals surface area contributed by atoms with Gasteiger partial charge >= 0.3 is 5.97 Å². The van der Waals surface area contributed by atoms with Gasteiger partial charge < -0.3 is 10.2 Å². The molecular formula is C8H8N2O3. The van der Waals surface area contributed by atoms with Crippen molar-refractivity contribution in [2.24, 2.45) is 5.11 Å². The average Bonchev–Trinajstić information content (AvgIpc) is 2.04. The average molecular weight is 180 g/mol. The minimum atomic E-state index is -1.08. The molecular weight excluding hydrogens is 172 g/mol.